The second-order valence-electron chi connectivity index (χ2n) is 4.11. The van der Waals surface area contributed by atoms with Gasteiger partial charge in [-0.25, -0.2) is 0 Å². The molecule has 1 aromatic carbocycles. The summed E-state index contributed by atoms with van der Waals surface area (Å²) in [6, 6.07) is 3.62. The van der Waals surface area contributed by atoms with Crippen LogP contribution in [0.2, 0.25) is 0 Å². The predicted molar refractivity (Wildman–Crippen MR) is 62.7 cm³/mol. The number of hydrogen-bond donors (Lipinski definition) is 1. The molecule has 1 heterocycles. The highest BCUT2D eigenvalue weighted by Crippen LogP contribution is 2.41. The van der Waals surface area contributed by atoms with Gasteiger partial charge in [0, 0.05) is 19.5 Å². The molecule has 4 heteroatoms. The zero-order valence-electron chi connectivity index (χ0n) is 9.78. The van der Waals surface area contributed by atoms with Gasteiger partial charge in [0.05, 0.1) is 12.8 Å². The Balaban J connectivity index is 2.69. The van der Waals surface area contributed by atoms with Crippen LogP contribution in [0.25, 0.3) is 0 Å². The van der Waals surface area contributed by atoms with Gasteiger partial charge in [-0.1, -0.05) is 6.07 Å². The minimum Gasteiger partial charge on any atom is -0.495 e. The second kappa shape index (κ2) is 3.79. The van der Waals surface area contributed by atoms with Crippen LogP contribution >= 0.6 is 0 Å². The molecule has 2 N–H and O–H groups in total. The number of carbonyl (C=O) groups excluding carboxylic acids is 1. The number of anilines is 1. The number of aryl methyl sites for hydroxylation is 1. The van der Waals surface area contributed by atoms with E-state index in [1.165, 1.54) is 0 Å². The van der Waals surface area contributed by atoms with Crippen LogP contribution in [0.3, 0.4) is 0 Å². The monoisotopic (exact) mass is 220 g/mol. The summed E-state index contributed by atoms with van der Waals surface area (Å²) in [5.74, 6) is 0.732. The van der Waals surface area contributed by atoms with Gasteiger partial charge < -0.3 is 15.4 Å². The summed E-state index contributed by atoms with van der Waals surface area (Å²) in [6.07, 6.45) is 0.359. The van der Waals surface area contributed by atoms with Crippen LogP contribution in [-0.2, 0) is 4.79 Å². The Hall–Kier alpha value is -1.55. The average Bonchev–Trinajstić information content (AvgIpc) is 2.25. The molecule has 16 heavy (non-hydrogen) atoms. The molecule has 1 aromatic rings. The first kappa shape index (κ1) is 11.0. The molecule has 0 aromatic heterocycles. The van der Waals surface area contributed by atoms with Crippen molar-refractivity contribution in [2.45, 2.75) is 19.4 Å². The summed E-state index contributed by atoms with van der Waals surface area (Å²) >= 11 is 0. The Kier molecular flexibility index (Phi) is 2.59. The number of ether oxygens (including phenoxy) is 1. The molecule has 0 radical (unpaired) electrons. The van der Waals surface area contributed by atoms with E-state index in [9.17, 15) is 4.79 Å². The summed E-state index contributed by atoms with van der Waals surface area (Å²) in [5, 5.41) is 0. The van der Waals surface area contributed by atoms with Gasteiger partial charge in [0.25, 0.3) is 0 Å². The van der Waals surface area contributed by atoms with Crippen LogP contribution in [0.4, 0.5) is 5.69 Å². The third kappa shape index (κ3) is 1.46. The molecule has 0 fully saturated rings. The molecule has 1 aliphatic rings. The smallest absolute Gasteiger partial charge is 0.228 e. The van der Waals surface area contributed by atoms with E-state index in [2.05, 4.69) is 0 Å². The van der Waals surface area contributed by atoms with Gasteiger partial charge in [-0.3, -0.25) is 4.79 Å². The van der Waals surface area contributed by atoms with E-state index in [0.717, 1.165) is 16.8 Å². The molecule has 86 valence electrons. The minimum atomic E-state index is -0.228. The lowest BCUT2D eigenvalue weighted by atomic mass is 9.92. The van der Waals surface area contributed by atoms with Crippen LogP contribution in [0.1, 0.15) is 23.6 Å². The van der Waals surface area contributed by atoms with Crippen LogP contribution in [0, 0.1) is 6.92 Å². The maximum absolute atomic E-state index is 11.7. The van der Waals surface area contributed by atoms with Crippen molar-refractivity contribution in [2.75, 3.05) is 19.1 Å². The Morgan fingerprint density at radius 1 is 1.50 bits per heavy atom. The SMILES string of the molecule is COc1ccc(C)c2c1N(C)C(=O)CC2N. The number of carbonyl (C=O) groups is 1. The third-order valence-electron chi connectivity index (χ3n) is 3.09. The number of amides is 1. The lowest BCUT2D eigenvalue weighted by Gasteiger charge is -2.32. The Labute approximate surface area is 95.0 Å². The number of fused-ring (bicyclic) bond motifs is 1. The van der Waals surface area contributed by atoms with Gasteiger partial charge >= 0.3 is 0 Å². The molecule has 0 saturated carbocycles. The molecule has 0 aliphatic carbocycles. The lowest BCUT2D eigenvalue weighted by molar-refractivity contribution is -0.119. The molecule has 2 rings (SSSR count). The van der Waals surface area contributed by atoms with Gasteiger partial charge in [0.15, 0.2) is 0 Å². The number of benzene rings is 1. The first-order chi connectivity index (χ1) is 7.56. The molecule has 1 amide bonds. The Bertz CT molecular complexity index is 443. The summed E-state index contributed by atoms with van der Waals surface area (Å²) in [7, 11) is 3.36. The van der Waals surface area contributed by atoms with Crippen molar-refractivity contribution in [1.29, 1.82) is 0 Å². The van der Waals surface area contributed by atoms with Gasteiger partial charge in [0.1, 0.15) is 5.75 Å². The van der Waals surface area contributed by atoms with Gasteiger partial charge in [-0.05, 0) is 24.1 Å². The normalized spacial score (nSPS) is 19.6. The number of methoxy groups -OCH3 is 1. The van der Waals surface area contributed by atoms with E-state index in [1.54, 1.807) is 19.1 Å². The molecule has 0 saturated heterocycles. The van der Waals surface area contributed by atoms with Crippen molar-refractivity contribution in [3.05, 3.63) is 23.3 Å². The summed E-state index contributed by atoms with van der Waals surface area (Å²) in [4.78, 5) is 13.4. The summed E-state index contributed by atoms with van der Waals surface area (Å²) in [5.41, 5.74) is 8.95. The fourth-order valence-corrected chi connectivity index (χ4v) is 2.22. The minimum absolute atomic E-state index is 0.0314. The maximum atomic E-state index is 11.7. The van der Waals surface area contributed by atoms with Gasteiger partial charge in [-0.15, -0.1) is 0 Å². The van der Waals surface area contributed by atoms with E-state index in [-0.39, 0.29) is 11.9 Å². The molecule has 4 nitrogen and oxygen atoms in total. The molecular formula is C12H16N2O2. The second-order valence-corrected chi connectivity index (χ2v) is 4.11. The zero-order chi connectivity index (χ0) is 11.9. The molecule has 1 atom stereocenters. The highest BCUT2D eigenvalue weighted by Gasteiger charge is 2.30. The predicted octanol–water partition coefficient (Wildman–Crippen LogP) is 1.37. The van der Waals surface area contributed by atoms with Crippen molar-refractivity contribution in [1.82, 2.24) is 0 Å². The molecule has 0 spiro atoms. The van der Waals surface area contributed by atoms with E-state index in [0.29, 0.717) is 12.2 Å². The summed E-state index contributed by atoms with van der Waals surface area (Å²) < 4.78 is 5.29. The fraction of sp³-hybridized carbons (Fsp3) is 0.417. The maximum Gasteiger partial charge on any atom is 0.228 e. The highest BCUT2D eigenvalue weighted by atomic mass is 16.5. The van der Waals surface area contributed by atoms with E-state index in [4.69, 9.17) is 10.5 Å². The van der Waals surface area contributed by atoms with Crippen LogP contribution < -0.4 is 15.4 Å². The highest BCUT2D eigenvalue weighted by molar-refractivity contribution is 5.98. The number of nitrogens with zero attached hydrogens (tertiary/aromatic N) is 1. The third-order valence-corrected chi connectivity index (χ3v) is 3.09. The van der Waals surface area contributed by atoms with Crippen LogP contribution in [0.15, 0.2) is 12.1 Å². The van der Waals surface area contributed by atoms with E-state index >= 15 is 0 Å². The van der Waals surface area contributed by atoms with Crippen molar-refractivity contribution in [3.63, 3.8) is 0 Å². The number of hydrogen-bond acceptors (Lipinski definition) is 3. The zero-order valence-corrected chi connectivity index (χ0v) is 9.78. The van der Waals surface area contributed by atoms with Crippen molar-refractivity contribution >= 4 is 11.6 Å². The Morgan fingerprint density at radius 3 is 2.81 bits per heavy atom. The quantitative estimate of drug-likeness (QED) is 0.777. The van der Waals surface area contributed by atoms with Crippen molar-refractivity contribution in [2.24, 2.45) is 5.73 Å². The average molecular weight is 220 g/mol. The standard InChI is InChI=1S/C12H16N2O2/c1-7-4-5-9(16-3)12-11(7)8(13)6-10(15)14(12)2/h4-5,8H,6,13H2,1-3H3. The lowest BCUT2D eigenvalue weighted by Crippen LogP contribution is -2.36. The summed E-state index contributed by atoms with van der Waals surface area (Å²) in [6.45, 7) is 2.00. The molecular weight excluding hydrogens is 204 g/mol. The topological polar surface area (TPSA) is 55.6 Å². The molecule has 1 aliphatic heterocycles. The first-order valence-corrected chi connectivity index (χ1v) is 5.26. The van der Waals surface area contributed by atoms with E-state index < -0.39 is 0 Å². The van der Waals surface area contributed by atoms with Gasteiger partial charge in [-0.2, -0.15) is 0 Å². The first-order valence-electron chi connectivity index (χ1n) is 5.26. The molecule has 1 unspecified atom stereocenters. The van der Waals surface area contributed by atoms with E-state index in [1.807, 2.05) is 19.1 Å². The van der Waals surface area contributed by atoms with Crippen molar-refractivity contribution < 1.29 is 9.53 Å². The molecule has 0 bridgehead atoms. The fourth-order valence-electron chi connectivity index (χ4n) is 2.22. The number of nitrogens with two attached hydrogens (primary N) is 1. The van der Waals surface area contributed by atoms with Crippen LogP contribution in [-0.4, -0.2) is 20.1 Å². The Morgan fingerprint density at radius 2 is 2.19 bits per heavy atom. The van der Waals surface area contributed by atoms with Gasteiger partial charge in [0.2, 0.25) is 5.91 Å². The van der Waals surface area contributed by atoms with Crippen molar-refractivity contribution in [3.8, 4) is 5.75 Å². The largest absolute Gasteiger partial charge is 0.495 e. The van der Waals surface area contributed by atoms with Crippen LogP contribution in [0.5, 0.6) is 5.75 Å². The number of rotatable bonds is 1.